The molecule has 18 heavy (non-hydrogen) atoms. The Hall–Kier alpha value is -1.09. The molecule has 0 amide bonds. The van der Waals surface area contributed by atoms with Gasteiger partial charge in [-0.25, -0.2) is 0 Å². The van der Waals surface area contributed by atoms with E-state index in [1.165, 1.54) is 24.9 Å². The minimum Gasteiger partial charge on any atom is -0.370 e. The van der Waals surface area contributed by atoms with E-state index < -0.39 is 0 Å². The standard InChI is InChI=1S/C15H25N3/c1-4-14-8-11-18(10-7-12(2)17-14)15-6-5-9-16-13(15)3/h5-6,9,12,14,17H,4,7-8,10-11H2,1-3H3. The van der Waals surface area contributed by atoms with Crippen molar-refractivity contribution in [1.82, 2.24) is 10.3 Å². The van der Waals surface area contributed by atoms with Gasteiger partial charge in [-0.05, 0) is 45.2 Å². The molecule has 1 aromatic heterocycles. The first-order valence-electron chi connectivity index (χ1n) is 7.13. The zero-order valence-corrected chi connectivity index (χ0v) is 11.8. The molecule has 0 aromatic carbocycles. The number of hydrogen-bond donors (Lipinski definition) is 1. The van der Waals surface area contributed by atoms with E-state index in [1.807, 2.05) is 12.3 Å². The molecule has 2 atom stereocenters. The molecule has 2 heterocycles. The van der Waals surface area contributed by atoms with Gasteiger partial charge < -0.3 is 10.2 Å². The fourth-order valence-electron chi connectivity index (χ4n) is 2.71. The van der Waals surface area contributed by atoms with E-state index in [0.717, 1.165) is 18.8 Å². The fraction of sp³-hybridized carbons (Fsp3) is 0.667. The maximum atomic E-state index is 4.41. The van der Waals surface area contributed by atoms with Crippen LogP contribution in [0.4, 0.5) is 5.69 Å². The van der Waals surface area contributed by atoms with E-state index in [0.29, 0.717) is 12.1 Å². The van der Waals surface area contributed by atoms with Gasteiger partial charge in [0.15, 0.2) is 0 Å². The average Bonchev–Trinajstić information content (AvgIpc) is 2.36. The number of aryl methyl sites for hydroxylation is 1. The van der Waals surface area contributed by atoms with Gasteiger partial charge in [0.25, 0.3) is 0 Å². The van der Waals surface area contributed by atoms with Crippen molar-refractivity contribution in [3.05, 3.63) is 24.0 Å². The maximum absolute atomic E-state index is 4.41. The van der Waals surface area contributed by atoms with Gasteiger partial charge in [0.2, 0.25) is 0 Å². The highest BCUT2D eigenvalue weighted by Gasteiger charge is 2.18. The molecular weight excluding hydrogens is 222 g/mol. The second kappa shape index (κ2) is 6.19. The van der Waals surface area contributed by atoms with Gasteiger partial charge in [-0.1, -0.05) is 6.92 Å². The van der Waals surface area contributed by atoms with Gasteiger partial charge >= 0.3 is 0 Å². The largest absolute Gasteiger partial charge is 0.370 e. The van der Waals surface area contributed by atoms with E-state index >= 15 is 0 Å². The van der Waals surface area contributed by atoms with Crippen LogP contribution in [0.3, 0.4) is 0 Å². The third kappa shape index (κ3) is 3.22. The lowest BCUT2D eigenvalue weighted by Gasteiger charge is -2.33. The summed E-state index contributed by atoms with van der Waals surface area (Å²) in [5.41, 5.74) is 2.45. The van der Waals surface area contributed by atoms with Crippen LogP contribution < -0.4 is 10.2 Å². The Morgan fingerprint density at radius 3 is 2.89 bits per heavy atom. The number of nitrogens with zero attached hydrogens (tertiary/aromatic N) is 2. The Morgan fingerprint density at radius 1 is 1.39 bits per heavy atom. The molecule has 0 radical (unpaired) electrons. The molecule has 3 heteroatoms. The summed E-state index contributed by atoms with van der Waals surface area (Å²) >= 11 is 0. The van der Waals surface area contributed by atoms with Crippen LogP contribution in [0.5, 0.6) is 0 Å². The summed E-state index contributed by atoms with van der Waals surface area (Å²) in [6.45, 7) is 8.92. The van der Waals surface area contributed by atoms with Crippen molar-refractivity contribution in [2.45, 2.75) is 52.1 Å². The van der Waals surface area contributed by atoms with Crippen LogP contribution in [-0.2, 0) is 0 Å². The van der Waals surface area contributed by atoms with Crippen molar-refractivity contribution in [2.24, 2.45) is 0 Å². The smallest absolute Gasteiger partial charge is 0.0605 e. The van der Waals surface area contributed by atoms with E-state index in [4.69, 9.17) is 0 Å². The molecule has 0 bridgehead atoms. The van der Waals surface area contributed by atoms with Gasteiger partial charge in [0.1, 0.15) is 0 Å². The van der Waals surface area contributed by atoms with Gasteiger partial charge in [-0.3, -0.25) is 4.98 Å². The average molecular weight is 247 g/mol. The van der Waals surface area contributed by atoms with E-state index in [2.05, 4.69) is 42.0 Å². The minimum absolute atomic E-state index is 0.606. The van der Waals surface area contributed by atoms with E-state index in [9.17, 15) is 0 Å². The van der Waals surface area contributed by atoms with Crippen molar-refractivity contribution >= 4 is 5.69 Å². The Balaban J connectivity index is 2.10. The van der Waals surface area contributed by atoms with Gasteiger partial charge in [0, 0.05) is 31.4 Å². The summed E-state index contributed by atoms with van der Waals surface area (Å²) in [5.74, 6) is 0. The highest BCUT2D eigenvalue weighted by atomic mass is 15.2. The van der Waals surface area contributed by atoms with Gasteiger partial charge in [0.05, 0.1) is 11.4 Å². The Labute approximate surface area is 111 Å². The van der Waals surface area contributed by atoms with Gasteiger partial charge in [-0.15, -0.1) is 0 Å². The summed E-state index contributed by atoms with van der Waals surface area (Å²) in [4.78, 5) is 6.91. The Morgan fingerprint density at radius 2 is 2.17 bits per heavy atom. The lowest BCUT2D eigenvalue weighted by molar-refractivity contribution is 0.378. The predicted octanol–water partition coefficient (Wildman–Crippen LogP) is 2.75. The Kier molecular flexibility index (Phi) is 4.59. The molecule has 1 aliphatic heterocycles. The second-order valence-corrected chi connectivity index (χ2v) is 5.35. The molecule has 0 aliphatic carbocycles. The molecule has 1 aliphatic rings. The van der Waals surface area contributed by atoms with Crippen molar-refractivity contribution in [2.75, 3.05) is 18.0 Å². The number of hydrogen-bond acceptors (Lipinski definition) is 3. The first-order valence-corrected chi connectivity index (χ1v) is 7.13. The highest BCUT2D eigenvalue weighted by Crippen LogP contribution is 2.20. The third-order valence-electron chi connectivity index (χ3n) is 3.91. The molecule has 100 valence electrons. The first kappa shape index (κ1) is 13.3. The summed E-state index contributed by atoms with van der Waals surface area (Å²) in [7, 11) is 0. The molecule has 1 N–H and O–H groups in total. The lowest BCUT2D eigenvalue weighted by Crippen LogP contribution is -2.44. The third-order valence-corrected chi connectivity index (χ3v) is 3.91. The van der Waals surface area contributed by atoms with Gasteiger partial charge in [-0.2, -0.15) is 0 Å². The fourth-order valence-corrected chi connectivity index (χ4v) is 2.71. The first-order chi connectivity index (χ1) is 8.70. The molecule has 0 saturated carbocycles. The van der Waals surface area contributed by atoms with Crippen LogP contribution in [-0.4, -0.2) is 30.2 Å². The molecule has 1 saturated heterocycles. The summed E-state index contributed by atoms with van der Waals surface area (Å²) < 4.78 is 0. The van der Waals surface area contributed by atoms with Crippen LogP contribution in [0.25, 0.3) is 0 Å². The van der Waals surface area contributed by atoms with Crippen molar-refractivity contribution in [1.29, 1.82) is 0 Å². The Bertz CT molecular complexity index is 378. The van der Waals surface area contributed by atoms with Crippen molar-refractivity contribution in [3.8, 4) is 0 Å². The number of nitrogens with one attached hydrogen (secondary N) is 1. The summed E-state index contributed by atoms with van der Waals surface area (Å²) in [6, 6.07) is 5.50. The van der Waals surface area contributed by atoms with Crippen LogP contribution in [0.1, 0.15) is 38.8 Å². The molecule has 2 rings (SSSR count). The number of pyridine rings is 1. The van der Waals surface area contributed by atoms with Crippen LogP contribution in [0.2, 0.25) is 0 Å². The zero-order valence-electron chi connectivity index (χ0n) is 11.8. The molecular formula is C15H25N3. The van der Waals surface area contributed by atoms with Crippen LogP contribution in [0, 0.1) is 6.92 Å². The number of anilines is 1. The molecule has 2 unspecified atom stereocenters. The second-order valence-electron chi connectivity index (χ2n) is 5.35. The molecule has 3 nitrogen and oxygen atoms in total. The number of aromatic nitrogens is 1. The normalized spacial score (nSPS) is 25.6. The summed E-state index contributed by atoms with van der Waals surface area (Å²) in [6.07, 6.45) is 5.51. The minimum atomic E-state index is 0.606. The molecule has 1 fully saturated rings. The van der Waals surface area contributed by atoms with Crippen LogP contribution in [0.15, 0.2) is 18.3 Å². The maximum Gasteiger partial charge on any atom is 0.0605 e. The summed E-state index contributed by atoms with van der Waals surface area (Å²) in [5, 5.41) is 3.71. The van der Waals surface area contributed by atoms with E-state index in [1.54, 1.807) is 0 Å². The van der Waals surface area contributed by atoms with Crippen LogP contribution >= 0.6 is 0 Å². The monoisotopic (exact) mass is 247 g/mol. The predicted molar refractivity (Wildman–Crippen MR) is 77.1 cm³/mol. The van der Waals surface area contributed by atoms with E-state index in [-0.39, 0.29) is 0 Å². The zero-order chi connectivity index (χ0) is 13.0. The molecule has 0 spiro atoms. The SMILES string of the molecule is CCC1CCN(c2cccnc2C)CCC(C)N1. The number of rotatable bonds is 2. The quantitative estimate of drug-likeness (QED) is 0.871. The van der Waals surface area contributed by atoms with Crippen molar-refractivity contribution < 1.29 is 0 Å². The molecule has 1 aromatic rings. The lowest BCUT2D eigenvalue weighted by atomic mass is 10.0. The topological polar surface area (TPSA) is 28.2 Å². The highest BCUT2D eigenvalue weighted by molar-refractivity contribution is 5.49. The van der Waals surface area contributed by atoms with Crippen molar-refractivity contribution in [3.63, 3.8) is 0 Å².